The SMILES string of the molecule is NCc1ccc(Sc2ncc[nH]2)cc1C(F)(F)F. The molecule has 0 aliphatic carbocycles. The van der Waals surface area contributed by atoms with Gasteiger partial charge in [0, 0.05) is 23.8 Å². The van der Waals surface area contributed by atoms with Gasteiger partial charge in [-0.1, -0.05) is 17.8 Å². The number of imidazole rings is 1. The third-order valence-corrected chi connectivity index (χ3v) is 3.20. The molecule has 0 saturated carbocycles. The maximum atomic E-state index is 12.8. The van der Waals surface area contributed by atoms with Crippen LogP contribution in [0.15, 0.2) is 40.6 Å². The fourth-order valence-corrected chi connectivity index (χ4v) is 2.26. The van der Waals surface area contributed by atoms with Gasteiger partial charge in [-0.3, -0.25) is 0 Å². The summed E-state index contributed by atoms with van der Waals surface area (Å²) in [6.07, 6.45) is -1.24. The third kappa shape index (κ3) is 2.85. The average Bonchev–Trinajstić information content (AvgIpc) is 2.80. The first kappa shape index (κ1) is 13.0. The highest BCUT2D eigenvalue weighted by Crippen LogP contribution is 2.35. The second kappa shape index (κ2) is 5.03. The normalized spacial score (nSPS) is 11.8. The van der Waals surface area contributed by atoms with Crippen molar-refractivity contribution in [3.05, 3.63) is 41.7 Å². The van der Waals surface area contributed by atoms with Crippen molar-refractivity contribution in [2.75, 3.05) is 0 Å². The van der Waals surface area contributed by atoms with Crippen LogP contribution >= 0.6 is 11.8 Å². The maximum absolute atomic E-state index is 12.8. The summed E-state index contributed by atoms with van der Waals surface area (Å²) >= 11 is 1.14. The van der Waals surface area contributed by atoms with E-state index in [2.05, 4.69) is 9.97 Å². The molecule has 18 heavy (non-hydrogen) atoms. The molecule has 7 heteroatoms. The minimum Gasteiger partial charge on any atom is -0.339 e. The quantitative estimate of drug-likeness (QED) is 0.903. The van der Waals surface area contributed by atoms with Crippen LogP contribution in [0.3, 0.4) is 0 Å². The van der Waals surface area contributed by atoms with E-state index >= 15 is 0 Å². The van der Waals surface area contributed by atoms with Crippen LogP contribution in [-0.2, 0) is 12.7 Å². The van der Waals surface area contributed by atoms with E-state index in [9.17, 15) is 13.2 Å². The lowest BCUT2D eigenvalue weighted by Gasteiger charge is -2.12. The molecule has 2 aromatic rings. The molecular formula is C11H10F3N3S. The van der Waals surface area contributed by atoms with E-state index < -0.39 is 11.7 Å². The summed E-state index contributed by atoms with van der Waals surface area (Å²) in [7, 11) is 0. The molecule has 1 heterocycles. The Morgan fingerprint density at radius 3 is 2.67 bits per heavy atom. The number of nitrogens with two attached hydrogens (primary N) is 1. The highest BCUT2D eigenvalue weighted by molar-refractivity contribution is 7.99. The van der Waals surface area contributed by atoms with E-state index in [1.807, 2.05) is 0 Å². The van der Waals surface area contributed by atoms with Gasteiger partial charge in [0.1, 0.15) is 0 Å². The fraction of sp³-hybridized carbons (Fsp3) is 0.182. The Morgan fingerprint density at radius 1 is 1.33 bits per heavy atom. The molecule has 0 aliphatic rings. The van der Waals surface area contributed by atoms with Crippen molar-refractivity contribution >= 4 is 11.8 Å². The van der Waals surface area contributed by atoms with Gasteiger partial charge in [-0.15, -0.1) is 0 Å². The van der Waals surface area contributed by atoms with Gasteiger partial charge in [0.05, 0.1) is 5.56 Å². The van der Waals surface area contributed by atoms with Gasteiger partial charge >= 0.3 is 6.18 Å². The number of H-pyrrole nitrogens is 1. The van der Waals surface area contributed by atoms with Crippen molar-refractivity contribution < 1.29 is 13.2 Å². The van der Waals surface area contributed by atoms with Gasteiger partial charge in [0.25, 0.3) is 0 Å². The van der Waals surface area contributed by atoms with Crippen molar-refractivity contribution in [2.24, 2.45) is 5.73 Å². The number of nitrogens with zero attached hydrogens (tertiary/aromatic N) is 1. The van der Waals surface area contributed by atoms with E-state index in [1.54, 1.807) is 18.5 Å². The number of aromatic amines is 1. The molecule has 0 unspecified atom stereocenters. The summed E-state index contributed by atoms with van der Waals surface area (Å²) in [5, 5.41) is 0.545. The van der Waals surface area contributed by atoms with Crippen LogP contribution in [-0.4, -0.2) is 9.97 Å². The number of hydrogen-bond acceptors (Lipinski definition) is 3. The van der Waals surface area contributed by atoms with E-state index in [1.165, 1.54) is 6.07 Å². The van der Waals surface area contributed by atoms with Gasteiger partial charge in [-0.25, -0.2) is 4.98 Å². The predicted molar refractivity (Wildman–Crippen MR) is 62.0 cm³/mol. The van der Waals surface area contributed by atoms with E-state index in [-0.39, 0.29) is 12.1 Å². The summed E-state index contributed by atoms with van der Waals surface area (Å²) in [5.74, 6) is 0. The van der Waals surface area contributed by atoms with Crippen LogP contribution in [0.4, 0.5) is 13.2 Å². The van der Waals surface area contributed by atoms with Crippen molar-refractivity contribution in [1.29, 1.82) is 0 Å². The van der Waals surface area contributed by atoms with Gasteiger partial charge in [0.15, 0.2) is 5.16 Å². The Kier molecular flexibility index (Phi) is 3.63. The molecule has 0 saturated heterocycles. The van der Waals surface area contributed by atoms with Gasteiger partial charge < -0.3 is 10.7 Å². The van der Waals surface area contributed by atoms with Crippen LogP contribution in [0, 0.1) is 0 Å². The second-order valence-corrected chi connectivity index (χ2v) is 4.58. The first-order valence-electron chi connectivity index (χ1n) is 5.08. The number of aromatic nitrogens is 2. The largest absolute Gasteiger partial charge is 0.416 e. The fourth-order valence-electron chi connectivity index (χ4n) is 1.48. The van der Waals surface area contributed by atoms with Gasteiger partial charge in [-0.2, -0.15) is 13.2 Å². The number of alkyl halides is 3. The van der Waals surface area contributed by atoms with Gasteiger partial charge in [-0.05, 0) is 17.7 Å². The minimum absolute atomic E-state index is 0.0892. The summed E-state index contributed by atoms with van der Waals surface area (Å²) in [5.41, 5.74) is 4.70. The van der Waals surface area contributed by atoms with Gasteiger partial charge in [0.2, 0.25) is 0 Å². The smallest absolute Gasteiger partial charge is 0.339 e. The molecule has 3 N–H and O–H groups in total. The molecule has 1 aromatic heterocycles. The molecule has 0 spiro atoms. The molecule has 2 rings (SSSR count). The van der Waals surface area contributed by atoms with Crippen LogP contribution in [0.1, 0.15) is 11.1 Å². The first-order valence-corrected chi connectivity index (χ1v) is 5.90. The Labute approximate surface area is 106 Å². The number of halogens is 3. The zero-order chi connectivity index (χ0) is 13.2. The summed E-state index contributed by atoms with van der Waals surface area (Å²) in [4.78, 5) is 7.23. The lowest BCUT2D eigenvalue weighted by atomic mass is 10.1. The second-order valence-electron chi connectivity index (χ2n) is 3.52. The molecule has 0 atom stereocenters. The molecule has 0 radical (unpaired) electrons. The van der Waals surface area contributed by atoms with Crippen LogP contribution < -0.4 is 5.73 Å². The van der Waals surface area contributed by atoms with E-state index in [0.29, 0.717) is 10.1 Å². The van der Waals surface area contributed by atoms with E-state index in [0.717, 1.165) is 17.8 Å². The number of hydrogen-bond donors (Lipinski definition) is 2. The Hall–Kier alpha value is -1.47. The Morgan fingerprint density at radius 2 is 2.11 bits per heavy atom. The van der Waals surface area contributed by atoms with Crippen LogP contribution in [0.5, 0.6) is 0 Å². The number of benzene rings is 1. The lowest BCUT2D eigenvalue weighted by molar-refractivity contribution is -0.138. The Bertz CT molecular complexity index is 523. The van der Waals surface area contributed by atoms with Crippen molar-refractivity contribution in [2.45, 2.75) is 22.8 Å². The topological polar surface area (TPSA) is 54.7 Å². The first-order chi connectivity index (χ1) is 8.50. The molecule has 0 amide bonds. The summed E-state index contributed by atoms with van der Waals surface area (Å²) in [6.45, 7) is -0.138. The molecule has 0 aliphatic heterocycles. The molecule has 3 nitrogen and oxygen atoms in total. The molecule has 0 bridgehead atoms. The highest BCUT2D eigenvalue weighted by Gasteiger charge is 2.33. The lowest BCUT2D eigenvalue weighted by Crippen LogP contribution is -2.11. The predicted octanol–water partition coefficient (Wildman–Crippen LogP) is 3.04. The number of rotatable bonds is 3. The van der Waals surface area contributed by atoms with Crippen LogP contribution in [0.2, 0.25) is 0 Å². The van der Waals surface area contributed by atoms with Crippen molar-refractivity contribution in [3.8, 4) is 0 Å². The summed E-state index contributed by atoms with van der Waals surface area (Å²) < 4.78 is 38.4. The maximum Gasteiger partial charge on any atom is 0.416 e. The zero-order valence-corrected chi connectivity index (χ0v) is 9.98. The average molecular weight is 273 g/mol. The summed E-state index contributed by atoms with van der Waals surface area (Å²) in [6, 6.07) is 4.09. The van der Waals surface area contributed by atoms with Crippen LogP contribution in [0.25, 0.3) is 0 Å². The Balaban J connectivity index is 2.34. The molecule has 0 fully saturated rings. The number of nitrogens with one attached hydrogen (secondary N) is 1. The van der Waals surface area contributed by atoms with E-state index in [4.69, 9.17) is 5.73 Å². The molecule has 96 valence electrons. The molecular weight excluding hydrogens is 263 g/mol. The highest BCUT2D eigenvalue weighted by atomic mass is 32.2. The van der Waals surface area contributed by atoms with Crippen molar-refractivity contribution in [3.63, 3.8) is 0 Å². The minimum atomic E-state index is -4.39. The standard InChI is InChI=1S/C11H10F3N3S/c12-11(13,14)9-5-8(2-1-7(9)6-15)18-10-16-3-4-17-10/h1-5H,6,15H2,(H,16,17). The third-order valence-electron chi connectivity index (χ3n) is 2.29. The van der Waals surface area contributed by atoms with Crippen molar-refractivity contribution in [1.82, 2.24) is 9.97 Å². The molecule has 1 aromatic carbocycles. The monoisotopic (exact) mass is 273 g/mol. The zero-order valence-electron chi connectivity index (χ0n) is 9.16.